The molecule has 0 heterocycles. The van der Waals surface area contributed by atoms with Gasteiger partial charge in [-0.15, -0.1) is 4.72 Å². The van der Waals surface area contributed by atoms with Crippen molar-refractivity contribution in [2.24, 2.45) is 0 Å². The number of halogens is 1. The summed E-state index contributed by atoms with van der Waals surface area (Å²) in [4.78, 5) is 0. The van der Waals surface area contributed by atoms with Crippen LogP contribution in [0.25, 0.3) is 0 Å². The van der Waals surface area contributed by atoms with Gasteiger partial charge in [0.25, 0.3) is 0 Å². The van der Waals surface area contributed by atoms with Gasteiger partial charge >= 0.3 is 0 Å². The van der Waals surface area contributed by atoms with Crippen LogP contribution in [-0.4, -0.2) is 9.30 Å². The highest BCUT2D eigenvalue weighted by atomic mass is 79.9. The molecule has 0 fully saturated rings. The Morgan fingerprint density at radius 3 is 2.60 bits per heavy atom. The topological polar surface area (TPSA) is 35.1 Å². The van der Waals surface area contributed by atoms with E-state index in [2.05, 4.69) is 20.7 Å². The second kappa shape index (κ2) is 5.34. The van der Waals surface area contributed by atoms with Crippen LogP contribution in [0.4, 0.5) is 0 Å². The fraction of sp³-hybridized carbons (Fsp3) is 0.455. The van der Waals surface area contributed by atoms with Gasteiger partial charge in [-0.25, -0.2) is 0 Å². The van der Waals surface area contributed by atoms with Gasteiger partial charge in [-0.3, -0.25) is 0 Å². The SMILES string of the molecule is CC(C)(C)[S@@+]([O-])NCc1cccc(Br)c1. The lowest BCUT2D eigenvalue weighted by molar-refractivity contribution is 0.544. The first kappa shape index (κ1) is 13.0. The van der Waals surface area contributed by atoms with Gasteiger partial charge in [-0.1, -0.05) is 28.1 Å². The lowest BCUT2D eigenvalue weighted by Crippen LogP contribution is -2.38. The first-order valence-corrected chi connectivity index (χ1v) is 6.74. The van der Waals surface area contributed by atoms with Crippen molar-refractivity contribution in [1.29, 1.82) is 0 Å². The van der Waals surface area contributed by atoms with Crippen LogP contribution in [0.15, 0.2) is 28.7 Å². The van der Waals surface area contributed by atoms with Crippen molar-refractivity contribution in [3.63, 3.8) is 0 Å². The van der Waals surface area contributed by atoms with Crippen molar-refractivity contribution in [3.8, 4) is 0 Å². The van der Waals surface area contributed by atoms with Crippen LogP contribution < -0.4 is 4.72 Å². The van der Waals surface area contributed by atoms with Crippen LogP contribution in [0.3, 0.4) is 0 Å². The maximum Gasteiger partial charge on any atom is 0.136 e. The Kier molecular flexibility index (Phi) is 4.64. The Labute approximate surface area is 103 Å². The lowest BCUT2D eigenvalue weighted by atomic mass is 10.2. The smallest absolute Gasteiger partial charge is 0.136 e. The van der Waals surface area contributed by atoms with Gasteiger partial charge in [0.2, 0.25) is 0 Å². The molecular formula is C11H16BrNOS. The molecule has 0 aromatic heterocycles. The summed E-state index contributed by atoms with van der Waals surface area (Å²) in [6.45, 7) is 6.49. The number of benzene rings is 1. The summed E-state index contributed by atoms with van der Waals surface area (Å²) in [5.41, 5.74) is 1.13. The molecule has 1 aromatic rings. The van der Waals surface area contributed by atoms with E-state index in [1.807, 2.05) is 45.0 Å². The molecule has 0 aliphatic carbocycles. The summed E-state index contributed by atoms with van der Waals surface area (Å²) in [6.07, 6.45) is 0. The number of rotatable bonds is 3. The van der Waals surface area contributed by atoms with Crippen molar-refractivity contribution in [2.75, 3.05) is 0 Å². The molecule has 0 unspecified atom stereocenters. The third-order valence-corrected chi connectivity index (χ3v) is 3.86. The molecule has 1 atom stereocenters. The molecule has 15 heavy (non-hydrogen) atoms. The Balaban J connectivity index is 2.51. The minimum absolute atomic E-state index is 0.216. The first-order valence-electron chi connectivity index (χ1n) is 4.79. The number of nitrogens with one attached hydrogen (secondary N) is 1. The zero-order valence-corrected chi connectivity index (χ0v) is 11.6. The summed E-state index contributed by atoms with van der Waals surface area (Å²) in [5.74, 6) is 0. The minimum atomic E-state index is -1.01. The van der Waals surface area contributed by atoms with E-state index in [1.54, 1.807) is 0 Å². The molecule has 4 heteroatoms. The zero-order chi connectivity index (χ0) is 11.5. The molecule has 0 aliphatic heterocycles. The summed E-state index contributed by atoms with van der Waals surface area (Å²) in [6, 6.07) is 7.98. The van der Waals surface area contributed by atoms with Crippen molar-refractivity contribution in [2.45, 2.75) is 32.1 Å². The second-order valence-electron chi connectivity index (χ2n) is 4.33. The summed E-state index contributed by atoms with van der Waals surface area (Å²) in [5, 5.41) is 0. The van der Waals surface area contributed by atoms with E-state index in [4.69, 9.17) is 0 Å². The molecule has 0 saturated heterocycles. The van der Waals surface area contributed by atoms with Crippen LogP contribution in [-0.2, 0) is 17.9 Å². The second-order valence-corrected chi connectivity index (χ2v) is 7.30. The molecule has 0 saturated carbocycles. The van der Waals surface area contributed by atoms with Crippen LogP contribution in [0, 0.1) is 0 Å². The average Bonchev–Trinajstić information content (AvgIpc) is 2.12. The summed E-state index contributed by atoms with van der Waals surface area (Å²) in [7, 11) is 0. The predicted octanol–water partition coefficient (Wildman–Crippen LogP) is 3.00. The minimum Gasteiger partial charge on any atom is -0.598 e. The van der Waals surface area contributed by atoms with Gasteiger partial charge in [0.05, 0.1) is 6.54 Å². The van der Waals surface area contributed by atoms with Crippen LogP contribution in [0.2, 0.25) is 0 Å². The molecule has 1 N–H and O–H groups in total. The van der Waals surface area contributed by atoms with Gasteiger partial charge in [0, 0.05) is 15.8 Å². The quantitative estimate of drug-likeness (QED) is 0.869. The standard InChI is InChI=1S/C11H16BrNOS/c1-11(2,3)15(14)13-8-9-5-4-6-10(12)7-9/h4-7,13H,8H2,1-3H3/t15-/m1/s1. The monoisotopic (exact) mass is 289 g/mol. The largest absolute Gasteiger partial charge is 0.598 e. The molecule has 84 valence electrons. The van der Waals surface area contributed by atoms with Crippen molar-refractivity contribution in [3.05, 3.63) is 34.3 Å². The van der Waals surface area contributed by atoms with Gasteiger partial charge in [-0.05, 0) is 38.5 Å². The van der Waals surface area contributed by atoms with E-state index in [-0.39, 0.29) is 4.75 Å². The molecule has 0 radical (unpaired) electrons. The highest BCUT2D eigenvalue weighted by Crippen LogP contribution is 2.15. The Bertz CT molecular complexity index is 325. The van der Waals surface area contributed by atoms with Gasteiger partial charge < -0.3 is 4.55 Å². The van der Waals surface area contributed by atoms with Crippen molar-refractivity contribution >= 4 is 27.3 Å². The maximum atomic E-state index is 11.7. The highest BCUT2D eigenvalue weighted by molar-refractivity contribution is 9.10. The van der Waals surface area contributed by atoms with E-state index in [0.29, 0.717) is 6.54 Å². The fourth-order valence-electron chi connectivity index (χ4n) is 1.01. The van der Waals surface area contributed by atoms with Crippen LogP contribution >= 0.6 is 15.9 Å². The molecule has 2 nitrogen and oxygen atoms in total. The fourth-order valence-corrected chi connectivity index (χ4v) is 2.19. The van der Waals surface area contributed by atoms with E-state index in [1.165, 1.54) is 0 Å². The molecule has 0 aliphatic rings. The van der Waals surface area contributed by atoms with E-state index in [0.717, 1.165) is 10.0 Å². The van der Waals surface area contributed by atoms with Crippen molar-refractivity contribution < 1.29 is 4.55 Å². The Hall–Kier alpha value is -0.0300. The maximum absolute atomic E-state index is 11.7. The third-order valence-electron chi connectivity index (χ3n) is 1.85. The summed E-state index contributed by atoms with van der Waals surface area (Å²) < 4.78 is 15.6. The van der Waals surface area contributed by atoms with Crippen LogP contribution in [0.1, 0.15) is 26.3 Å². The average molecular weight is 290 g/mol. The normalized spacial score (nSPS) is 13.9. The molecule has 0 amide bonds. The zero-order valence-electron chi connectivity index (χ0n) is 9.21. The van der Waals surface area contributed by atoms with Gasteiger partial charge in [0.1, 0.15) is 4.75 Å². The number of hydrogen-bond acceptors (Lipinski definition) is 2. The number of hydrogen-bond donors (Lipinski definition) is 1. The van der Waals surface area contributed by atoms with Crippen LogP contribution in [0.5, 0.6) is 0 Å². The molecular weight excluding hydrogens is 274 g/mol. The molecule has 1 aromatic carbocycles. The first-order chi connectivity index (χ1) is 6.89. The molecule has 1 rings (SSSR count). The Morgan fingerprint density at radius 2 is 2.07 bits per heavy atom. The highest BCUT2D eigenvalue weighted by Gasteiger charge is 2.25. The Morgan fingerprint density at radius 1 is 1.40 bits per heavy atom. The third kappa shape index (κ3) is 4.55. The lowest BCUT2D eigenvalue weighted by Gasteiger charge is -2.23. The van der Waals surface area contributed by atoms with Gasteiger partial charge in [-0.2, -0.15) is 0 Å². The molecule has 0 bridgehead atoms. The van der Waals surface area contributed by atoms with Gasteiger partial charge in [0.15, 0.2) is 0 Å². The summed E-state index contributed by atoms with van der Waals surface area (Å²) >= 11 is 2.40. The van der Waals surface area contributed by atoms with Crippen molar-refractivity contribution in [1.82, 2.24) is 4.72 Å². The molecule has 0 spiro atoms. The van der Waals surface area contributed by atoms with E-state index >= 15 is 0 Å². The van der Waals surface area contributed by atoms with E-state index < -0.39 is 11.4 Å². The van der Waals surface area contributed by atoms with E-state index in [9.17, 15) is 4.55 Å². The predicted molar refractivity (Wildman–Crippen MR) is 68.9 cm³/mol.